The fourth-order valence-electron chi connectivity index (χ4n) is 3.25. The number of aromatic nitrogens is 3. The number of ether oxygens (including phenoxy) is 2. The van der Waals surface area contributed by atoms with E-state index in [0.717, 1.165) is 11.3 Å². The van der Waals surface area contributed by atoms with E-state index in [9.17, 15) is 5.26 Å². The monoisotopic (exact) mass is 418 g/mol. The minimum atomic E-state index is -0.376. The topological polar surface area (TPSA) is 73.0 Å². The van der Waals surface area contributed by atoms with Crippen molar-refractivity contribution in [3.8, 4) is 17.6 Å². The first-order valence-corrected chi connectivity index (χ1v) is 10.6. The van der Waals surface area contributed by atoms with Gasteiger partial charge in [0, 0.05) is 6.54 Å². The molecule has 0 spiro atoms. The standard InChI is InChI=1S/C23H22N4O2S/c1-3-12-27-22(21-15-28-19-6-4-5-7-20(19)29-21)25-26-23(27)30-18(14-24)13-17-10-8-16(2)9-11-17/h3-11,18,21H,1,12-13,15H2,2H3/t18-,21-/m0/s1. The van der Waals surface area contributed by atoms with E-state index in [2.05, 4.69) is 54.0 Å². The van der Waals surface area contributed by atoms with Gasteiger partial charge < -0.3 is 9.47 Å². The number of fused-ring (bicyclic) bond motifs is 1. The van der Waals surface area contributed by atoms with Gasteiger partial charge in [0.1, 0.15) is 11.9 Å². The van der Waals surface area contributed by atoms with Gasteiger partial charge in [-0.05, 0) is 31.0 Å². The molecular formula is C23H22N4O2S. The maximum atomic E-state index is 9.70. The van der Waals surface area contributed by atoms with Crippen LogP contribution in [0.4, 0.5) is 0 Å². The number of rotatable bonds is 7. The molecule has 30 heavy (non-hydrogen) atoms. The summed E-state index contributed by atoms with van der Waals surface area (Å²) in [7, 11) is 0. The van der Waals surface area contributed by atoms with Crippen LogP contribution in [0, 0.1) is 18.3 Å². The fourth-order valence-corrected chi connectivity index (χ4v) is 4.22. The van der Waals surface area contributed by atoms with Gasteiger partial charge in [-0.1, -0.05) is 59.8 Å². The molecule has 2 aromatic carbocycles. The molecule has 2 atom stereocenters. The van der Waals surface area contributed by atoms with E-state index in [1.165, 1.54) is 17.3 Å². The Hall–Kier alpha value is -3.24. The van der Waals surface area contributed by atoms with Crippen molar-refractivity contribution in [2.24, 2.45) is 0 Å². The largest absolute Gasteiger partial charge is 0.485 e. The highest BCUT2D eigenvalue weighted by molar-refractivity contribution is 8.00. The molecule has 0 saturated carbocycles. The van der Waals surface area contributed by atoms with Crippen LogP contribution in [0.15, 0.2) is 66.3 Å². The summed E-state index contributed by atoms with van der Waals surface area (Å²) in [5, 5.41) is 18.8. The molecule has 0 aliphatic carbocycles. The number of para-hydroxylation sites is 2. The number of allylic oxidation sites excluding steroid dienone is 1. The van der Waals surface area contributed by atoms with Crippen LogP contribution in [0.3, 0.4) is 0 Å². The van der Waals surface area contributed by atoms with E-state index < -0.39 is 0 Å². The molecule has 0 radical (unpaired) electrons. The molecule has 7 heteroatoms. The lowest BCUT2D eigenvalue weighted by molar-refractivity contribution is 0.0821. The van der Waals surface area contributed by atoms with Crippen molar-refractivity contribution in [3.63, 3.8) is 0 Å². The lowest BCUT2D eigenvalue weighted by Gasteiger charge is -2.26. The Bertz CT molecular complexity index is 1070. The molecule has 1 aromatic heterocycles. The van der Waals surface area contributed by atoms with Crippen LogP contribution < -0.4 is 9.47 Å². The van der Waals surface area contributed by atoms with Crippen LogP contribution in [0.25, 0.3) is 0 Å². The normalized spacial score (nSPS) is 15.9. The SMILES string of the molecule is C=CCn1c(S[C@H](C#N)Cc2ccc(C)cc2)nnc1[C@@H]1COc2ccccc2O1. The van der Waals surface area contributed by atoms with Crippen LogP contribution in [0.5, 0.6) is 11.5 Å². The number of nitrogens with zero attached hydrogens (tertiary/aromatic N) is 4. The van der Waals surface area contributed by atoms with E-state index in [-0.39, 0.29) is 11.4 Å². The Balaban J connectivity index is 1.54. The first kappa shape index (κ1) is 20.0. The molecular weight excluding hydrogens is 396 g/mol. The number of aryl methyl sites for hydroxylation is 1. The van der Waals surface area contributed by atoms with Crippen molar-refractivity contribution in [1.29, 1.82) is 5.26 Å². The molecule has 1 aliphatic heterocycles. The first-order valence-electron chi connectivity index (χ1n) is 9.72. The minimum Gasteiger partial charge on any atom is -0.485 e. The van der Waals surface area contributed by atoms with Gasteiger partial charge in [0.25, 0.3) is 0 Å². The molecule has 0 N–H and O–H groups in total. The second-order valence-corrected chi connectivity index (χ2v) is 8.20. The summed E-state index contributed by atoms with van der Waals surface area (Å²) in [4.78, 5) is 0. The molecule has 0 unspecified atom stereocenters. The van der Waals surface area contributed by atoms with E-state index in [0.29, 0.717) is 36.3 Å². The maximum absolute atomic E-state index is 9.70. The number of hydrogen-bond donors (Lipinski definition) is 0. The summed E-state index contributed by atoms with van der Waals surface area (Å²) < 4.78 is 13.9. The molecule has 2 heterocycles. The minimum absolute atomic E-state index is 0.280. The molecule has 3 aromatic rings. The zero-order valence-corrected chi connectivity index (χ0v) is 17.5. The molecule has 6 nitrogen and oxygen atoms in total. The highest BCUT2D eigenvalue weighted by Crippen LogP contribution is 2.36. The second kappa shape index (κ2) is 9.06. The third kappa shape index (κ3) is 4.34. The molecule has 1 aliphatic rings. The molecule has 0 fully saturated rings. The van der Waals surface area contributed by atoms with Crippen molar-refractivity contribution in [2.45, 2.75) is 36.4 Å². The van der Waals surface area contributed by atoms with Gasteiger partial charge in [-0.25, -0.2) is 0 Å². The summed E-state index contributed by atoms with van der Waals surface area (Å²) in [5.41, 5.74) is 2.32. The Labute approximate surface area is 180 Å². The van der Waals surface area contributed by atoms with Gasteiger partial charge in [-0.15, -0.1) is 16.8 Å². The van der Waals surface area contributed by atoms with E-state index in [4.69, 9.17) is 9.47 Å². The molecule has 152 valence electrons. The highest BCUT2D eigenvalue weighted by Gasteiger charge is 2.29. The Morgan fingerprint density at radius 3 is 2.73 bits per heavy atom. The predicted molar refractivity (Wildman–Crippen MR) is 116 cm³/mol. The average molecular weight is 419 g/mol. The van der Waals surface area contributed by atoms with Crippen LogP contribution in [0.2, 0.25) is 0 Å². The summed E-state index contributed by atoms with van der Waals surface area (Å²) in [6.07, 6.45) is 2.05. The van der Waals surface area contributed by atoms with Crippen LogP contribution >= 0.6 is 11.8 Å². The van der Waals surface area contributed by atoms with Crippen molar-refractivity contribution in [1.82, 2.24) is 14.8 Å². The molecule has 4 rings (SSSR count). The Kier molecular flexibility index (Phi) is 6.05. The van der Waals surface area contributed by atoms with Gasteiger partial charge in [0.05, 0.1) is 6.07 Å². The number of nitriles is 1. The van der Waals surface area contributed by atoms with Crippen molar-refractivity contribution in [2.75, 3.05) is 6.61 Å². The predicted octanol–water partition coefficient (Wildman–Crippen LogP) is 4.51. The van der Waals surface area contributed by atoms with Gasteiger partial charge in [-0.2, -0.15) is 5.26 Å². The smallest absolute Gasteiger partial charge is 0.192 e. The average Bonchev–Trinajstić information content (AvgIpc) is 3.17. The summed E-state index contributed by atoms with van der Waals surface area (Å²) in [5.74, 6) is 2.07. The van der Waals surface area contributed by atoms with Gasteiger partial charge in [0.2, 0.25) is 0 Å². The Morgan fingerprint density at radius 1 is 1.23 bits per heavy atom. The zero-order valence-electron chi connectivity index (χ0n) is 16.7. The molecule has 0 bridgehead atoms. The van der Waals surface area contributed by atoms with Crippen molar-refractivity contribution < 1.29 is 9.47 Å². The lowest BCUT2D eigenvalue weighted by atomic mass is 10.1. The van der Waals surface area contributed by atoms with Gasteiger partial charge in [-0.3, -0.25) is 4.57 Å². The third-order valence-corrected chi connectivity index (χ3v) is 5.86. The van der Waals surface area contributed by atoms with Crippen molar-refractivity contribution >= 4 is 11.8 Å². The number of hydrogen-bond acceptors (Lipinski definition) is 6. The van der Waals surface area contributed by atoms with E-state index in [1.54, 1.807) is 6.08 Å². The summed E-state index contributed by atoms with van der Waals surface area (Å²) in [6.45, 7) is 6.77. The fraction of sp³-hybridized carbons (Fsp3) is 0.261. The van der Waals surface area contributed by atoms with Gasteiger partial charge >= 0.3 is 0 Å². The van der Waals surface area contributed by atoms with Gasteiger partial charge in [0.15, 0.2) is 28.6 Å². The van der Waals surface area contributed by atoms with Crippen LogP contribution in [-0.4, -0.2) is 26.6 Å². The van der Waals surface area contributed by atoms with Crippen LogP contribution in [0.1, 0.15) is 23.1 Å². The number of thioether (sulfide) groups is 1. The second-order valence-electron chi connectivity index (χ2n) is 7.03. The molecule has 0 amide bonds. The number of benzene rings is 2. The van der Waals surface area contributed by atoms with Crippen LogP contribution in [-0.2, 0) is 13.0 Å². The lowest BCUT2D eigenvalue weighted by Crippen LogP contribution is -2.25. The highest BCUT2D eigenvalue weighted by atomic mass is 32.2. The van der Waals surface area contributed by atoms with E-state index >= 15 is 0 Å². The molecule has 0 saturated heterocycles. The van der Waals surface area contributed by atoms with Crippen molar-refractivity contribution in [3.05, 3.63) is 78.1 Å². The zero-order chi connectivity index (χ0) is 20.9. The first-order chi connectivity index (χ1) is 14.7. The third-order valence-electron chi connectivity index (χ3n) is 4.79. The summed E-state index contributed by atoms with van der Waals surface area (Å²) >= 11 is 1.41. The quantitative estimate of drug-likeness (QED) is 0.415. The maximum Gasteiger partial charge on any atom is 0.192 e. The van der Waals surface area contributed by atoms with E-state index in [1.807, 2.05) is 28.8 Å². The Morgan fingerprint density at radius 2 is 2.00 bits per heavy atom. The summed E-state index contributed by atoms with van der Waals surface area (Å²) in [6, 6.07) is 18.2.